The average Bonchev–Trinajstić information content (AvgIpc) is 3.00. The van der Waals surface area contributed by atoms with Gasteiger partial charge in [-0.1, -0.05) is 6.07 Å². The second-order valence-electron chi connectivity index (χ2n) is 5.19. The van der Waals surface area contributed by atoms with E-state index in [1.54, 1.807) is 0 Å². The van der Waals surface area contributed by atoms with E-state index in [1.807, 2.05) is 18.2 Å². The lowest BCUT2D eigenvalue weighted by Gasteiger charge is -2.19. The SMILES string of the molecule is O=C(NCCc1ccc2c(c1)OCCO2)NC1CCOC1. The van der Waals surface area contributed by atoms with E-state index in [0.29, 0.717) is 26.4 Å². The normalized spacial score (nSPS) is 20.1. The highest BCUT2D eigenvalue weighted by atomic mass is 16.6. The summed E-state index contributed by atoms with van der Waals surface area (Å²) in [6.07, 6.45) is 1.64. The minimum atomic E-state index is -0.136. The van der Waals surface area contributed by atoms with Crippen LogP contribution in [0.4, 0.5) is 4.79 Å². The topological polar surface area (TPSA) is 68.8 Å². The van der Waals surface area contributed by atoms with Gasteiger partial charge >= 0.3 is 6.03 Å². The van der Waals surface area contributed by atoms with E-state index in [9.17, 15) is 4.79 Å². The molecule has 114 valence electrons. The first-order chi connectivity index (χ1) is 10.3. The molecule has 2 heterocycles. The number of hydrogen-bond donors (Lipinski definition) is 2. The molecule has 2 aliphatic rings. The molecular formula is C15H20N2O4. The molecule has 0 bridgehead atoms. The van der Waals surface area contributed by atoms with Crippen molar-refractivity contribution in [1.82, 2.24) is 10.6 Å². The molecule has 2 aliphatic heterocycles. The Morgan fingerprint density at radius 2 is 2.05 bits per heavy atom. The van der Waals surface area contributed by atoms with Gasteiger partial charge in [0.05, 0.1) is 12.6 Å². The van der Waals surface area contributed by atoms with Crippen molar-refractivity contribution in [1.29, 1.82) is 0 Å². The third-order valence-electron chi connectivity index (χ3n) is 3.57. The number of carbonyl (C=O) groups is 1. The first kappa shape index (κ1) is 14.0. The molecule has 0 aliphatic carbocycles. The molecule has 6 nitrogen and oxygen atoms in total. The van der Waals surface area contributed by atoms with Crippen LogP contribution in [0.1, 0.15) is 12.0 Å². The molecule has 0 saturated carbocycles. The highest BCUT2D eigenvalue weighted by Crippen LogP contribution is 2.30. The third kappa shape index (κ3) is 3.78. The van der Waals surface area contributed by atoms with Crippen LogP contribution in [0.5, 0.6) is 11.5 Å². The maximum absolute atomic E-state index is 11.7. The largest absolute Gasteiger partial charge is 0.486 e. The monoisotopic (exact) mass is 292 g/mol. The summed E-state index contributed by atoms with van der Waals surface area (Å²) in [5, 5.41) is 5.76. The zero-order valence-electron chi connectivity index (χ0n) is 11.9. The summed E-state index contributed by atoms with van der Waals surface area (Å²) in [4.78, 5) is 11.7. The molecule has 1 unspecified atom stereocenters. The number of fused-ring (bicyclic) bond motifs is 1. The zero-order chi connectivity index (χ0) is 14.5. The summed E-state index contributed by atoms with van der Waals surface area (Å²) in [5.74, 6) is 1.57. The van der Waals surface area contributed by atoms with E-state index in [1.165, 1.54) is 0 Å². The van der Waals surface area contributed by atoms with Gasteiger partial charge in [0.25, 0.3) is 0 Å². The Morgan fingerprint density at radius 3 is 2.86 bits per heavy atom. The summed E-state index contributed by atoms with van der Waals surface area (Å²) in [6.45, 7) is 3.09. The van der Waals surface area contributed by atoms with Gasteiger partial charge in [-0.25, -0.2) is 4.79 Å². The molecule has 6 heteroatoms. The van der Waals surface area contributed by atoms with E-state index in [-0.39, 0.29) is 12.1 Å². The minimum absolute atomic E-state index is 0.136. The number of ether oxygens (including phenoxy) is 3. The van der Waals surface area contributed by atoms with Crippen LogP contribution < -0.4 is 20.1 Å². The van der Waals surface area contributed by atoms with E-state index in [4.69, 9.17) is 14.2 Å². The van der Waals surface area contributed by atoms with Crippen LogP contribution >= 0.6 is 0 Å². The molecule has 1 aromatic carbocycles. The first-order valence-corrected chi connectivity index (χ1v) is 7.32. The molecule has 1 saturated heterocycles. The second-order valence-corrected chi connectivity index (χ2v) is 5.19. The Kier molecular flexibility index (Phi) is 4.45. The van der Waals surface area contributed by atoms with Crippen LogP contribution in [-0.4, -0.2) is 45.0 Å². The van der Waals surface area contributed by atoms with Gasteiger partial charge in [0, 0.05) is 13.2 Å². The lowest BCUT2D eigenvalue weighted by atomic mass is 10.1. The second kappa shape index (κ2) is 6.67. The highest BCUT2D eigenvalue weighted by Gasteiger charge is 2.17. The zero-order valence-corrected chi connectivity index (χ0v) is 11.9. The molecule has 0 aromatic heterocycles. The average molecular weight is 292 g/mol. The fraction of sp³-hybridized carbons (Fsp3) is 0.533. The van der Waals surface area contributed by atoms with Crippen LogP contribution in [0.3, 0.4) is 0 Å². The molecule has 1 atom stereocenters. The predicted octanol–water partition coefficient (Wildman–Crippen LogP) is 1.09. The quantitative estimate of drug-likeness (QED) is 0.871. The van der Waals surface area contributed by atoms with Crippen molar-refractivity contribution >= 4 is 6.03 Å². The van der Waals surface area contributed by atoms with Gasteiger partial charge in [0.2, 0.25) is 0 Å². The summed E-state index contributed by atoms with van der Waals surface area (Å²) in [7, 11) is 0. The first-order valence-electron chi connectivity index (χ1n) is 7.32. The van der Waals surface area contributed by atoms with Gasteiger partial charge in [-0.3, -0.25) is 0 Å². The lowest BCUT2D eigenvalue weighted by molar-refractivity contribution is 0.171. The Hall–Kier alpha value is -1.95. The Morgan fingerprint density at radius 1 is 1.19 bits per heavy atom. The van der Waals surface area contributed by atoms with Gasteiger partial charge in [0.15, 0.2) is 11.5 Å². The van der Waals surface area contributed by atoms with Crippen molar-refractivity contribution in [3.8, 4) is 11.5 Å². The molecule has 0 spiro atoms. The van der Waals surface area contributed by atoms with Gasteiger partial charge in [-0.05, 0) is 30.5 Å². The summed E-state index contributed by atoms with van der Waals surface area (Å²) in [6, 6.07) is 5.89. The van der Waals surface area contributed by atoms with Crippen LogP contribution in [0.2, 0.25) is 0 Å². The Balaban J connectivity index is 1.43. The molecule has 2 N–H and O–H groups in total. The number of hydrogen-bond acceptors (Lipinski definition) is 4. The smallest absolute Gasteiger partial charge is 0.315 e. The minimum Gasteiger partial charge on any atom is -0.486 e. The maximum Gasteiger partial charge on any atom is 0.315 e. The number of rotatable bonds is 4. The standard InChI is InChI=1S/C15H20N2O4/c18-15(17-12-4-6-19-10-12)16-5-3-11-1-2-13-14(9-11)21-8-7-20-13/h1-2,9,12H,3-8,10H2,(H2,16,17,18). The fourth-order valence-electron chi connectivity index (χ4n) is 2.45. The number of benzene rings is 1. The summed E-state index contributed by atoms with van der Waals surface area (Å²) < 4.78 is 16.2. The molecule has 21 heavy (non-hydrogen) atoms. The van der Waals surface area contributed by atoms with E-state index < -0.39 is 0 Å². The predicted molar refractivity (Wildman–Crippen MR) is 76.9 cm³/mol. The van der Waals surface area contributed by atoms with Crippen molar-refractivity contribution in [3.05, 3.63) is 23.8 Å². The maximum atomic E-state index is 11.7. The Bertz CT molecular complexity index is 500. The van der Waals surface area contributed by atoms with Gasteiger partial charge in [-0.15, -0.1) is 0 Å². The molecule has 3 rings (SSSR count). The van der Waals surface area contributed by atoms with Crippen LogP contribution in [0.15, 0.2) is 18.2 Å². The van der Waals surface area contributed by atoms with Crippen LogP contribution in [0, 0.1) is 0 Å². The fourth-order valence-corrected chi connectivity index (χ4v) is 2.45. The number of amides is 2. The van der Waals surface area contributed by atoms with Crippen molar-refractivity contribution in [2.24, 2.45) is 0 Å². The number of urea groups is 1. The van der Waals surface area contributed by atoms with Crippen molar-refractivity contribution in [3.63, 3.8) is 0 Å². The summed E-state index contributed by atoms with van der Waals surface area (Å²) >= 11 is 0. The lowest BCUT2D eigenvalue weighted by Crippen LogP contribution is -2.42. The molecule has 0 radical (unpaired) electrons. The molecule has 1 aromatic rings. The van der Waals surface area contributed by atoms with E-state index >= 15 is 0 Å². The third-order valence-corrected chi connectivity index (χ3v) is 3.57. The number of nitrogens with one attached hydrogen (secondary N) is 2. The van der Waals surface area contributed by atoms with Gasteiger partial charge in [-0.2, -0.15) is 0 Å². The van der Waals surface area contributed by atoms with Crippen molar-refractivity contribution < 1.29 is 19.0 Å². The molecular weight excluding hydrogens is 272 g/mol. The highest BCUT2D eigenvalue weighted by molar-refractivity contribution is 5.74. The number of carbonyl (C=O) groups excluding carboxylic acids is 1. The molecule has 1 fully saturated rings. The van der Waals surface area contributed by atoms with Crippen LogP contribution in [-0.2, 0) is 11.2 Å². The molecule has 2 amide bonds. The summed E-state index contributed by atoms with van der Waals surface area (Å²) in [5.41, 5.74) is 1.11. The van der Waals surface area contributed by atoms with Crippen molar-refractivity contribution in [2.75, 3.05) is 33.0 Å². The van der Waals surface area contributed by atoms with Gasteiger partial charge in [0.1, 0.15) is 13.2 Å². The Labute approximate surface area is 123 Å². The van der Waals surface area contributed by atoms with Gasteiger partial charge < -0.3 is 24.8 Å². The van der Waals surface area contributed by atoms with Crippen molar-refractivity contribution in [2.45, 2.75) is 18.9 Å². The van der Waals surface area contributed by atoms with Crippen LogP contribution in [0.25, 0.3) is 0 Å². The van der Waals surface area contributed by atoms with E-state index in [2.05, 4.69) is 10.6 Å². The van der Waals surface area contributed by atoms with E-state index in [0.717, 1.165) is 36.5 Å².